The zero-order valence-electron chi connectivity index (χ0n) is 18.5. The summed E-state index contributed by atoms with van der Waals surface area (Å²) in [5.41, 5.74) is 1.24. The zero-order valence-corrected chi connectivity index (χ0v) is 20.9. The van der Waals surface area contributed by atoms with Gasteiger partial charge in [0.25, 0.3) is 0 Å². The number of aliphatic hydroxyl groups excluding tert-OH is 1. The molecule has 0 amide bonds. The fourth-order valence-corrected chi connectivity index (χ4v) is 4.61. The van der Waals surface area contributed by atoms with Crippen molar-refractivity contribution >= 4 is 33.0 Å². The number of aliphatic hydroxyl groups is 1. The fourth-order valence-electron chi connectivity index (χ4n) is 3.21. The molecule has 1 fully saturated rings. The van der Waals surface area contributed by atoms with Crippen molar-refractivity contribution in [2.75, 3.05) is 31.8 Å². The molecule has 9 heteroatoms. The van der Waals surface area contributed by atoms with Crippen LogP contribution in [0.5, 0.6) is 11.5 Å². The summed E-state index contributed by atoms with van der Waals surface area (Å²) in [4.78, 5) is 0. The second-order valence-electron chi connectivity index (χ2n) is 9.00. The number of halogens is 2. The van der Waals surface area contributed by atoms with Crippen molar-refractivity contribution < 1.29 is 27.7 Å². The van der Waals surface area contributed by atoms with Crippen LogP contribution in [0.1, 0.15) is 31.9 Å². The zero-order chi connectivity index (χ0) is 23.7. The normalized spacial score (nSPS) is 19.5. The number of rotatable bonds is 10. The average Bonchev–Trinajstić information content (AvgIpc) is 3.42. The molecule has 1 N–H and O–H groups in total. The molecule has 2 atom stereocenters. The third-order valence-corrected chi connectivity index (χ3v) is 6.94. The maximum Gasteiger partial charge on any atom is 0.156 e. The average molecular weight is 503 g/mol. The molecule has 176 valence electrons. The van der Waals surface area contributed by atoms with E-state index in [1.54, 1.807) is 12.1 Å². The summed E-state index contributed by atoms with van der Waals surface area (Å²) in [5, 5.41) is 10.7. The molecule has 2 unspecified atom stereocenters. The topological polar surface area (TPSA) is 85.4 Å². The highest BCUT2D eigenvalue weighted by atomic mass is 35.5. The number of ether oxygens (including phenoxy) is 3. The molecular weight excluding hydrogens is 475 g/mol. The lowest BCUT2D eigenvalue weighted by atomic mass is 9.78. The first-order valence-electron chi connectivity index (χ1n) is 10.1. The molecule has 0 aromatic heterocycles. The van der Waals surface area contributed by atoms with Gasteiger partial charge >= 0.3 is 0 Å². The Kier molecular flexibility index (Phi) is 7.37. The van der Waals surface area contributed by atoms with Gasteiger partial charge in [-0.15, -0.1) is 0 Å². The standard InChI is InChI=1S/C23H28Cl2O6S/c1-22(2,15-5-7-18(8-6-15)29-11-17(26)12-32(4,27)28)16-9-19(24)21(20(25)10-16)30-13-23(3)14-31-23/h5-10,17,26H,11-14H2,1-4H3. The van der Waals surface area contributed by atoms with E-state index in [4.69, 9.17) is 37.4 Å². The summed E-state index contributed by atoms with van der Waals surface area (Å²) in [6.45, 7) is 7.01. The van der Waals surface area contributed by atoms with Gasteiger partial charge in [-0.25, -0.2) is 8.42 Å². The summed E-state index contributed by atoms with van der Waals surface area (Å²) in [6.07, 6.45) is -0.00769. The minimum atomic E-state index is -3.27. The molecule has 1 saturated heterocycles. The van der Waals surface area contributed by atoms with Crippen LogP contribution in [0.4, 0.5) is 0 Å². The van der Waals surface area contributed by atoms with Crippen LogP contribution < -0.4 is 9.47 Å². The first-order valence-corrected chi connectivity index (χ1v) is 13.0. The third kappa shape index (κ3) is 6.51. The highest BCUT2D eigenvalue weighted by Crippen LogP contribution is 2.41. The summed E-state index contributed by atoms with van der Waals surface area (Å²) in [5.74, 6) is 0.639. The van der Waals surface area contributed by atoms with Crippen molar-refractivity contribution in [2.45, 2.75) is 37.9 Å². The van der Waals surface area contributed by atoms with E-state index in [0.717, 1.165) is 17.4 Å². The van der Waals surface area contributed by atoms with Crippen LogP contribution >= 0.6 is 23.2 Å². The number of epoxide rings is 1. The van der Waals surface area contributed by atoms with Gasteiger partial charge in [-0.1, -0.05) is 49.2 Å². The number of hydrogen-bond acceptors (Lipinski definition) is 6. The Morgan fingerprint density at radius 1 is 1.12 bits per heavy atom. The lowest BCUT2D eigenvalue weighted by Gasteiger charge is -2.27. The van der Waals surface area contributed by atoms with Crippen molar-refractivity contribution in [3.8, 4) is 11.5 Å². The Labute approximate surface area is 199 Å². The molecule has 0 saturated carbocycles. The molecule has 0 spiro atoms. The second-order valence-corrected chi connectivity index (χ2v) is 12.0. The second kappa shape index (κ2) is 9.39. The van der Waals surface area contributed by atoms with Crippen LogP contribution in [0.25, 0.3) is 0 Å². The lowest BCUT2D eigenvalue weighted by Crippen LogP contribution is -2.26. The van der Waals surface area contributed by atoms with Gasteiger partial charge in [-0.3, -0.25) is 0 Å². The van der Waals surface area contributed by atoms with Crippen molar-refractivity contribution in [1.29, 1.82) is 0 Å². The van der Waals surface area contributed by atoms with Crippen molar-refractivity contribution in [3.05, 3.63) is 57.6 Å². The molecule has 0 aliphatic carbocycles. The predicted molar refractivity (Wildman–Crippen MR) is 126 cm³/mol. The maximum absolute atomic E-state index is 11.2. The van der Waals surface area contributed by atoms with Crippen molar-refractivity contribution in [2.24, 2.45) is 0 Å². The minimum Gasteiger partial charge on any atom is -0.491 e. The van der Waals surface area contributed by atoms with E-state index >= 15 is 0 Å². The first kappa shape index (κ1) is 25.1. The molecular formula is C23H28Cl2O6S. The third-order valence-electron chi connectivity index (χ3n) is 5.39. The smallest absolute Gasteiger partial charge is 0.156 e. The Bertz CT molecular complexity index is 1040. The Balaban J connectivity index is 1.70. The van der Waals surface area contributed by atoms with Gasteiger partial charge in [-0.2, -0.15) is 0 Å². The van der Waals surface area contributed by atoms with Gasteiger partial charge in [0, 0.05) is 11.7 Å². The summed E-state index contributed by atoms with van der Waals surface area (Å²) in [6, 6.07) is 11.1. The predicted octanol–water partition coefficient (Wildman–Crippen LogP) is 4.27. The Morgan fingerprint density at radius 2 is 1.69 bits per heavy atom. The maximum atomic E-state index is 11.2. The van der Waals surface area contributed by atoms with Crippen LogP contribution in [0.3, 0.4) is 0 Å². The highest BCUT2D eigenvalue weighted by molar-refractivity contribution is 7.90. The van der Waals surface area contributed by atoms with Gasteiger partial charge in [0.2, 0.25) is 0 Å². The highest BCUT2D eigenvalue weighted by Gasteiger charge is 2.40. The summed E-state index contributed by atoms with van der Waals surface area (Å²) >= 11 is 13.0. The lowest BCUT2D eigenvalue weighted by molar-refractivity contribution is 0.125. The van der Waals surface area contributed by atoms with Crippen molar-refractivity contribution in [1.82, 2.24) is 0 Å². The van der Waals surface area contributed by atoms with E-state index in [0.29, 0.717) is 34.8 Å². The van der Waals surface area contributed by atoms with Gasteiger partial charge in [0.15, 0.2) is 5.75 Å². The molecule has 3 rings (SSSR count). The van der Waals surface area contributed by atoms with Crippen LogP contribution in [-0.4, -0.2) is 57.1 Å². The van der Waals surface area contributed by atoms with Gasteiger partial charge in [0.1, 0.15) is 40.5 Å². The van der Waals surface area contributed by atoms with E-state index in [1.165, 1.54) is 0 Å². The molecule has 0 radical (unpaired) electrons. The molecule has 1 aliphatic heterocycles. The number of sulfone groups is 1. The van der Waals surface area contributed by atoms with Gasteiger partial charge in [0.05, 0.1) is 22.4 Å². The molecule has 32 heavy (non-hydrogen) atoms. The Hall–Kier alpha value is -1.51. The Morgan fingerprint density at radius 3 is 2.19 bits per heavy atom. The molecule has 1 heterocycles. The first-order chi connectivity index (χ1) is 14.8. The van der Waals surface area contributed by atoms with E-state index < -0.39 is 21.4 Å². The summed E-state index contributed by atoms with van der Waals surface area (Å²) < 4.78 is 39.1. The molecule has 2 aromatic rings. The van der Waals surface area contributed by atoms with E-state index in [9.17, 15) is 13.5 Å². The van der Waals surface area contributed by atoms with E-state index in [-0.39, 0.29) is 18.0 Å². The van der Waals surface area contributed by atoms with Gasteiger partial charge in [-0.05, 0) is 42.3 Å². The quantitative estimate of drug-likeness (QED) is 0.488. The summed E-state index contributed by atoms with van der Waals surface area (Å²) in [7, 11) is -3.27. The molecule has 2 aromatic carbocycles. The van der Waals surface area contributed by atoms with Crippen LogP contribution in [0, 0.1) is 0 Å². The largest absolute Gasteiger partial charge is 0.491 e. The molecule has 1 aliphatic rings. The van der Waals surface area contributed by atoms with E-state index in [2.05, 4.69) is 13.8 Å². The minimum absolute atomic E-state index is 0.105. The number of benzene rings is 2. The SMILES string of the molecule is CC1(COc2c(Cl)cc(C(C)(C)c3ccc(OCC(O)CS(C)(=O)=O)cc3)cc2Cl)CO1. The van der Waals surface area contributed by atoms with Crippen LogP contribution in [0.2, 0.25) is 10.0 Å². The molecule has 0 bridgehead atoms. The van der Waals surface area contributed by atoms with Crippen LogP contribution in [-0.2, 0) is 20.0 Å². The number of hydrogen-bond donors (Lipinski definition) is 1. The van der Waals surface area contributed by atoms with E-state index in [1.807, 2.05) is 31.2 Å². The monoisotopic (exact) mass is 502 g/mol. The fraction of sp³-hybridized carbons (Fsp3) is 0.478. The molecule has 6 nitrogen and oxygen atoms in total. The van der Waals surface area contributed by atoms with Crippen molar-refractivity contribution in [3.63, 3.8) is 0 Å². The van der Waals surface area contributed by atoms with Crippen LogP contribution in [0.15, 0.2) is 36.4 Å². The van der Waals surface area contributed by atoms with Gasteiger partial charge < -0.3 is 19.3 Å².